The third-order valence-electron chi connectivity index (χ3n) is 9.87. The summed E-state index contributed by atoms with van der Waals surface area (Å²) in [6.07, 6.45) is 34.7. The number of allylic oxidation sites excluding steroid dienone is 5. The van der Waals surface area contributed by atoms with Gasteiger partial charge in [-0.1, -0.05) is 154 Å². The molecule has 0 saturated carbocycles. The van der Waals surface area contributed by atoms with Crippen molar-refractivity contribution in [2.75, 3.05) is 26.4 Å². The lowest BCUT2D eigenvalue weighted by Crippen LogP contribution is -2.29. The van der Waals surface area contributed by atoms with Gasteiger partial charge in [0.05, 0.1) is 32.0 Å². The Balaban J connectivity index is 2.38. The molecule has 16 heteroatoms. The molecule has 0 radical (unpaired) electrons. The highest BCUT2D eigenvalue weighted by Crippen LogP contribution is 2.44. The fraction of sp³-hybridized carbons (Fsp3) is 0.818. The van der Waals surface area contributed by atoms with Crippen LogP contribution in [0.5, 0.6) is 0 Å². The fourth-order valence-electron chi connectivity index (χ4n) is 6.33. The van der Waals surface area contributed by atoms with Gasteiger partial charge in [-0.3, -0.25) is 23.2 Å². The first-order valence-corrected chi connectivity index (χ1v) is 25.7. The van der Waals surface area contributed by atoms with E-state index in [1.165, 1.54) is 77.0 Å². The molecule has 0 aromatic heterocycles. The Bertz CT molecular complexity index is 1280. The molecule has 4 N–H and O–H groups in total. The lowest BCUT2D eigenvalue weighted by molar-refractivity contribution is -0.161. The Hall–Kier alpha value is -1.70. The van der Waals surface area contributed by atoms with Gasteiger partial charge in [-0.05, 0) is 50.9 Å². The number of aliphatic hydroxyl groups is 1. The number of aliphatic hydroxyl groups excluding tert-OH is 1. The van der Waals surface area contributed by atoms with Crippen LogP contribution in [0.2, 0.25) is 0 Å². The first-order valence-electron chi connectivity index (χ1n) is 22.7. The molecule has 3 unspecified atom stereocenters. The van der Waals surface area contributed by atoms with Crippen LogP contribution in [0.4, 0.5) is 0 Å². The summed E-state index contributed by atoms with van der Waals surface area (Å²) in [4.78, 5) is 52.7. The lowest BCUT2D eigenvalue weighted by Gasteiger charge is -2.20. The van der Waals surface area contributed by atoms with Crippen molar-refractivity contribution >= 4 is 27.6 Å². The van der Waals surface area contributed by atoms with E-state index in [0.29, 0.717) is 31.5 Å². The summed E-state index contributed by atoms with van der Waals surface area (Å²) in [5, 5.41) is 9.75. The molecular weight excluding hydrogens is 814 g/mol. The summed E-state index contributed by atoms with van der Waals surface area (Å²) in [6, 6.07) is 0. The highest BCUT2D eigenvalue weighted by molar-refractivity contribution is 7.47. The second kappa shape index (κ2) is 35.7. The molecule has 0 aromatic carbocycles. The molecule has 5 atom stereocenters. The van der Waals surface area contributed by atoms with Crippen molar-refractivity contribution in [3.63, 3.8) is 0 Å². The number of hydrogen-bond donors (Lipinski definition) is 4. The van der Waals surface area contributed by atoms with E-state index in [0.717, 1.165) is 50.9 Å². The van der Waals surface area contributed by atoms with Crippen LogP contribution in [-0.2, 0) is 46.5 Å². The third-order valence-corrected chi connectivity index (χ3v) is 11.3. The molecule has 0 aliphatic carbocycles. The number of ether oxygens (including phenoxy) is 3. The molecule has 1 heterocycles. The summed E-state index contributed by atoms with van der Waals surface area (Å²) in [5.41, 5.74) is 0. The summed E-state index contributed by atoms with van der Waals surface area (Å²) >= 11 is 0. The normalized spacial score (nSPS) is 17.8. The number of esters is 2. The Morgan fingerprint density at radius 2 is 1.18 bits per heavy atom. The molecule has 0 bridgehead atoms. The van der Waals surface area contributed by atoms with Gasteiger partial charge in [-0.15, -0.1) is 0 Å². The Morgan fingerprint density at radius 3 is 1.80 bits per heavy atom. The number of carbonyl (C=O) groups is 2. The lowest BCUT2D eigenvalue weighted by atomic mass is 10.0. The molecule has 0 spiro atoms. The first-order chi connectivity index (χ1) is 28.7. The number of epoxide rings is 1. The van der Waals surface area contributed by atoms with Crippen LogP contribution >= 0.6 is 15.6 Å². The second-order valence-electron chi connectivity index (χ2n) is 16.2. The van der Waals surface area contributed by atoms with Crippen molar-refractivity contribution < 1.29 is 66.3 Å². The quantitative estimate of drug-likeness (QED) is 0.0148. The largest absolute Gasteiger partial charge is 0.472 e. The molecule has 1 saturated heterocycles. The van der Waals surface area contributed by atoms with E-state index in [9.17, 15) is 28.7 Å². The smallest absolute Gasteiger partial charge is 0.462 e. The Morgan fingerprint density at radius 1 is 0.633 bits per heavy atom. The zero-order chi connectivity index (χ0) is 44.3. The monoisotopic (exact) mass is 895 g/mol. The maximum atomic E-state index is 12.7. The van der Waals surface area contributed by atoms with Crippen molar-refractivity contribution in [3.8, 4) is 0 Å². The minimum absolute atomic E-state index is 0.0527. The predicted octanol–water partition coefficient (Wildman–Crippen LogP) is 10.5. The van der Waals surface area contributed by atoms with E-state index in [2.05, 4.69) is 54.1 Å². The van der Waals surface area contributed by atoms with Gasteiger partial charge in [0.2, 0.25) is 0 Å². The zero-order valence-electron chi connectivity index (χ0n) is 36.9. The maximum Gasteiger partial charge on any atom is 0.472 e. The van der Waals surface area contributed by atoms with E-state index in [1.54, 1.807) is 0 Å². The number of rotatable bonds is 41. The molecule has 0 aromatic rings. The number of phosphoric acid groups is 2. The van der Waals surface area contributed by atoms with Gasteiger partial charge >= 0.3 is 27.6 Å². The van der Waals surface area contributed by atoms with E-state index < -0.39 is 66.2 Å². The molecule has 1 aliphatic rings. The summed E-state index contributed by atoms with van der Waals surface area (Å²) in [5.74, 6) is -0.306. The van der Waals surface area contributed by atoms with Crippen LogP contribution in [0.25, 0.3) is 0 Å². The van der Waals surface area contributed by atoms with Gasteiger partial charge in [0.15, 0.2) is 6.10 Å². The van der Waals surface area contributed by atoms with Crippen LogP contribution in [0.15, 0.2) is 36.5 Å². The number of phosphoric ester groups is 2. The van der Waals surface area contributed by atoms with Crippen molar-refractivity contribution in [2.24, 2.45) is 5.92 Å². The molecule has 1 fully saturated rings. The minimum Gasteiger partial charge on any atom is -0.462 e. The average Bonchev–Trinajstić information content (AvgIpc) is 3.95. The molecule has 0 amide bonds. The van der Waals surface area contributed by atoms with Gasteiger partial charge in [0.1, 0.15) is 12.7 Å². The maximum absolute atomic E-state index is 12.7. The van der Waals surface area contributed by atoms with Crippen molar-refractivity contribution in [1.29, 1.82) is 0 Å². The van der Waals surface area contributed by atoms with E-state index in [4.69, 9.17) is 28.5 Å². The van der Waals surface area contributed by atoms with Crippen LogP contribution in [0.3, 0.4) is 0 Å². The number of unbranched alkanes of at least 4 members (excludes halogenated alkanes) is 14. The summed E-state index contributed by atoms with van der Waals surface area (Å²) in [7, 11) is -9.69. The van der Waals surface area contributed by atoms with Gasteiger partial charge < -0.3 is 34.0 Å². The van der Waals surface area contributed by atoms with Crippen LogP contribution in [0.1, 0.15) is 175 Å². The zero-order valence-corrected chi connectivity index (χ0v) is 38.7. The summed E-state index contributed by atoms with van der Waals surface area (Å²) in [6.45, 7) is 3.99. The van der Waals surface area contributed by atoms with E-state index in [-0.39, 0.29) is 12.8 Å². The van der Waals surface area contributed by atoms with E-state index >= 15 is 0 Å². The number of hydrogen-bond acceptors (Lipinski definition) is 11. The van der Waals surface area contributed by atoms with Crippen LogP contribution in [0, 0.1) is 5.92 Å². The van der Waals surface area contributed by atoms with E-state index in [1.807, 2.05) is 12.2 Å². The van der Waals surface area contributed by atoms with Crippen LogP contribution in [-0.4, -0.2) is 82.6 Å². The summed E-state index contributed by atoms with van der Waals surface area (Å²) < 4.78 is 53.5. The van der Waals surface area contributed by atoms with Gasteiger partial charge in [-0.2, -0.15) is 0 Å². The molecule has 60 heavy (non-hydrogen) atoms. The number of carbonyl (C=O) groups excluding carboxylic acids is 2. The van der Waals surface area contributed by atoms with Gasteiger partial charge in [0, 0.05) is 12.8 Å². The average molecular weight is 895 g/mol. The highest BCUT2D eigenvalue weighted by atomic mass is 31.2. The molecule has 1 rings (SSSR count). The van der Waals surface area contributed by atoms with Crippen LogP contribution < -0.4 is 0 Å². The topological polar surface area (TPSA) is 208 Å². The van der Waals surface area contributed by atoms with Crippen molar-refractivity contribution in [3.05, 3.63) is 36.5 Å². The first kappa shape index (κ1) is 56.3. The van der Waals surface area contributed by atoms with Crippen molar-refractivity contribution in [2.45, 2.75) is 199 Å². The SMILES string of the molecule is CCCCCC1OC1C/C=C\C/C=C\C/C=C\CCCC(=O)O[C@H](COC(=O)CCCCCCCCCCCCCCC(C)C)COP(=O)(O)OC[C@@H](O)COP(=O)(O)O. The van der Waals surface area contributed by atoms with Crippen molar-refractivity contribution in [1.82, 2.24) is 0 Å². The van der Waals surface area contributed by atoms with Gasteiger partial charge in [-0.25, -0.2) is 9.13 Å². The molecule has 14 nitrogen and oxygen atoms in total. The Labute approximate surface area is 361 Å². The highest BCUT2D eigenvalue weighted by Gasteiger charge is 2.36. The van der Waals surface area contributed by atoms with Gasteiger partial charge in [0.25, 0.3) is 0 Å². The standard InChI is InChI=1S/C44H80O14P2/c1-4-5-24-30-41-42(58-41)31-26-21-17-13-10-11-15-19-23-28-33-44(47)57-40(37-56-60(51,52)55-35-39(45)34-54-59(48,49)50)36-53-43(46)32-27-22-18-14-9-7-6-8-12-16-20-25-29-38(2)3/h10,13,15,19,21,26,38-42,45H,4-9,11-12,14,16-18,20,22-25,27-37H2,1-3H3,(H,51,52)(H2,48,49,50)/b13-10-,19-15-,26-21-/t39-,40+,41?,42?/m0/s1. The fourth-order valence-corrected chi connectivity index (χ4v) is 7.48. The Kier molecular flexibility index (Phi) is 33.5. The predicted molar refractivity (Wildman–Crippen MR) is 234 cm³/mol. The molecule has 1 aliphatic heterocycles. The molecular formula is C44H80O14P2. The molecule has 350 valence electrons. The third kappa shape index (κ3) is 36.9. The second-order valence-corrected chi connectivity index (χ2v) is 18.9. The minimum atomic E-state index is -4.87.